The summed E-state index contributed by atoms with van der Waals surface area (Å²) in [5.74, 6) is 1.02. The molecule has 1 unspecified atom stereocenters. The largest absolute Gasteiger partial charge is 0.0654 e. The van der Waals surface area contributed by atoms with Crippen molar-refractivity contribution in [3.8, 4) is 0 Å². The van der Waals surface area contributed by atoms with Gasteiger partial charge in [0.15, 0.2) is 0 Å². The third kappa shape index (κ3) is 18.2. The lowest BCUT2D eigenvalue weighted by molar-refractivity contribution is 0.369. The summed E-state index contributed by atoms with van der Waals surface area (Å²) in [6.07, 6.45) is 27.2. The minimum Gasteiger partial charge on any atom is -0.0654 e. The summed E-state index contributed by atoms with van der Waals surface area (Å²) in [4.78, 5) is 0. The van der Waals surface area contributed by atoms with E-state index in [0.29, 0.717) is 0 Å². The van der Waals surface area contributed by atoms with Gasteiger partial charge in [-0.2, -0.15) is 0 Å². The first-order valence-corrected chi connectivity index (χ1v) is 11.1. The van der Waals surface area contributed by atoms with E-state index in [-0.39, 0.29) is 0 Å². The van der Waals surface area contributed by atoms with E-state index in [1.807, 2.05) is 0 Å². The Kier molecular flexibility index (Phi) is 20.0. The van der Waals surface area contributed by atoms with Gasteiger partial charge in [-0.3, -0.25) is 0 Å². The van der Waals surface area contributed by atoms with Crippen LogP contribution in [-0.4, -0.2) is 0 Å². The number of hydrogen-bond acceptors (Lipinski definition) is 0. The standard InChI is InChI=1S/C23H47/c1-4-7-10-12-13-14-15-16-19-22-23(20-17-9-6-3)21-18-11-8-5-2/h23H,3-22H2,1-2H3. The maximum absolute atomic E-state index is 3.99. The number of rotatable bonds is 19. The molecule has 0 heteroatoms. The van der Waals surface area contributed by atoms with E-state index in [0.717, 1.165) is 12.3 Å². The molecule has 0 aliphatic carbocycles. The quantitative estimate of drug-likeness (QED) is 0.208. The lowest BCUT2D eigenvalue weighted by Crippen LogP contribution is -2.01. The second-order valence-electron chi connectivity index (χ2n) is 7.68. The van der Waals surface area contributed by atoms with Gasteiger partial charge in [0.25, 0.3) is 0 Å². The molecule has 0 aliphatic heterocycles. The highest BCUT2D eigenvalue weighted by atomic mass is 14.1. The van der Waals surface area contributed by atoms with Gasteiger partial charge in [0, 0.05) is 0 Å². The first-order valence-electron chi connectivity index (χ1n) is 11.1. The monoisotopic (exact) mass is 323 g/mol. The van der Waals surface area contributed by atoms with Crippen molar-refractivity contribution in [3.05, 3.63) is 6.92 Å². The van der Waals surface area contributed by atoms with E-state index in [4.69, 9.17) is 0 Å². The predicted molar refractivity (Wildman–Crippen MR) is 108 cm³/mol. The molecular formula is C23H47. The fraction of sp³-hybridized carbons (Fsp3) is 0.957. The average Bonchev–Trinajstić information content (AvgIpc) is 2.56. The molecule has 0 nitrogen and oxygen atoms in total. The van der Waals surface area contributed by atoms with Gasteiger partial charge in [-0.05, 0) is 5.92 Å². The Bertz CT molecular complexity index is 196. The highest BCUT2D eigenvalue weighted by Gasteiger charge is 2.08. The van der Waals surface area contributed by atoms with Crippen LogP contribution in [-0.2, 0) is 0 Å². The van der Waals surface area contributed by atoms with Crippen molar-refractivity contribution in [2.45, 2.75) is 136 Å². The molecule has 0 N–H and O–H groups in total. The SMILES string of the molecule is [CH2]CCCCC(CCCCCC)CCCCCCCCCCC. The van der Waals surface area contributed by atoms with Crippen molar-refractivity contribution in [1.29, 1.82) is 0 Å². The molecule has 0 bridgehead atoms. The van der Waals surface area contributed by atoms with Crippen LogP contribution in [0.1, 0.15) is 136 Å². The van der Waals surface area contributed by atoms with Crippen molar-refractivity contribution in [3.63, 3.8) is 0 Å². The molecule has 0 aromatic heterocycles. The third-order valence-corrected chi connectivity index (χ3v) is 5.29. The Hall–Kier alpha value is 0. The van der Waals surface area contributed by atoms with Crippen molar-refractivity contribution in [2.24, 2.45) is 5.92 Å². The Morgan fingerprint density at radius 1 is 0.478 bits per heavy atom. The number of hydrogen-bond donors (Lipinski definition) is 0. The van der Waals surface area contributed by atoms with Crippen LogP contribution in [0, 0.1) is 12.8 Å². The molecule has 0 saturated heterocycles. The van der Waals surface area contributed by atoms with E-state index in [2.05, 4.69) is 20.8 Å². The lowest BCUT2D eigenvalue weighted by Gasteiger charge is -2.16. The van der Waals surface area contributed by atoms with Crippen LogP contribution in [0.5, 0.6) is 0 Å². The van der Waals surface area contributed by atoms with Crippen molar-refractivity contribution >= 4 is 0 Å². The second kappa shape index (κ2) is 20.0. The van der Waals surface area contributed by atoms with Crippen LogP contribution < -0.4 is 0 Å². The molecule has 0 aliphatic rings. The van der Waals surface area contributed by atoms with Crippen LogP contribution in [0.25, 0.3) is 0 Å². The van der Waals surface area contributed by atoms with E-state index < -0.39 is 0 Å². The summed E-state index contributed by atoms with van der Waals surface area (Å²) in [6.45, 7) is 8.61. The zero-order chi connectivity index (χ0) is 17.0. The van der Waals surface area contributed by atoms with Gasteiger partial charge in [0.2, 0.25) is 0 Å². The summed E-state index contributed by atoms with van der Waals surface area (Å²) >= 11 is 0. The van der Waals surface area contributed by atoms with Crippen LogP contribution in [0.2, 0.25) is 0 Å². The highest BCUT2D eigenvalue weighted by molar-refractivity contribution is 4.62. The zero-order valence-corrected chi connectivity index (χ0v) is 16.7. The highest BCUT2D eigenvalue weighted by Crippen LogP contribution is 2.24. The van der Waals surface area contributed by atoms with Crippen molar-refractivity contribution < 1.29 is 0 Å². The summed E-state index contributed by atoms with van der Waals surface area (Å²) in [5.41, 5.74) is 0. The maximum atomic E-state index is 3.99. The minimum atomic E-state index is 1.02. The third-order valence-electron chi connectivity index (χ3n) is 5.29. The average molecular weight is 324 g/mol. The maximum Gasteiger partial charge on any atom is -0.0414 e. The van der Waals surface area contributed by atoms with E-state index >= 15 is 0 Å². The molecule has 0 heterocycles. The molecule has 1 atom stereocenters. The first-order chi connectivity index (χ1) is 11.3. The van der Waals surface area contributed by atoms with E-state index in [9.17, 15) is 0 Å². The molecule has 23 heavy (non-hydrogen) atoms. The molecule has 0 aromatic carbocycles. The Balaban J connectivity index is 3.56. The molecule has 0 aromatic rings. The summed E-state index contributed by atoms with van der Waals surface area (Å²) in [6, 6.07) is 0. The molecule has 0 spiro atoms. The van der Waals surface area contributed by atoms with Gasteiger partial charge in [-0.15, -0.1) is 0 Å². The Morgan fingerprint density at radius 3 is 1.26 bits per heavy atom. The molecule has 0 fully saturated rings. The van der Waals surface area contributed by atoms with Gasteiger partial charge in [0.05, 0.1) is 0 Å². The molecule has 139 valence electrons. The van der Waals surface area contributed by atoms with Crippen LogP contribution in [0.3, 0.4) is 0 Å². The minimum absolute atomic E-state index is 1.02. The lowest BCUT2D eigenvalue weighted by atomic mass is 9.90. The van der Waals surface area contributed by atoms with Crippen molar-refractivity contribution in [1.82, 2.24) is 0 Å². The van der Waals surface area contributed by atoms with Gasteiger partial charge in [-0.1, -0.05) is 143 Å². The van der Waals surface area contributed by atoms with Gasteiger partial charge >= 0.3 is 0 Å². The van der Waals surface area contributed by atoms with E-state index in [1.165, 1.54) is 116 Å². The Morgan fingerprint density at radius 2 is 0.826 bits per heavy atom. The molecule has 0 amide bonds. The summed E-state index contributed by atoms with van der Waals surface area (Å²) in [5, 5.41) is 0. The smallest absolute Gasteiger partial charge is 0.0414 e. The van der Waals surface area contributed by atoms with Gasteiger partial charge in [0.1, 0.15) is 0 Å². The van der Waals surface area contributed by atoms with Gasteiger partial charge < -0.3 is 0 Å². The molecule has 0 rings (SSSR count). The van der Waals surface area contributed by atoms with Crippen molar-refractivity contribution in [2.75, 3.05) is 0 Å². The summed E-state index contributed by atoms with van der Waals surface area (Å²) < 4.78 is 0. The van der Waals surface area contributed by atoms with Crippen LogP contribution >= 0.6 is 0 Å². The Labute approximate surface area is 149 Å². The zero-order valence-electron chi connectivity index (χ0n) is 16.7. The predicted octanol–water partition coefficient (Wildman–Crippen LogP) is 8.89. The summed E-state index contributed by atoms with van der Waals surface area (Å²) in [7, 11) is 0. The fourth-order valence-corrected chi connectivity index (χ4v) is 3.65. The topological polar surface area (TPSA) is 0 Å². The normalized spacial score (nSPS) is 12.7. The van der Waals surface area contributed by atoms with Gasteiger partial charge in [-0.25, -0.2) is 0 Å². The second-order valence-corrected chi connectivity index (χ2v) is 7.68. The van der Waals surface area contributed by atoms with Crippen LogP contribution in [0.4, 0.5) is 0 Å². The molecular weight excluding hydrogens is 276 g/mol. The molecule has 1 radical (unpaired) electrons. The molecule has 0 saturated carbocycles. The first kappa shape index (κ1) is 23.0. The van der Waals surface area contributed by atoms with E-state index in [1.54, 1.807) is 0 Å². The number of unbranched alkanes of at least 4 members (excludes halogenated alkanes) is 13. The van der Waals surface area contributed by atoms with Crippen LogP contribution in [0.15, 0.2) is 0 Å². The fourth-order valence-electron chi connectivity index (χ4n) is 3.65.